The lowest BCUT2D eigenvalue weighted by molar-refractivity contribution is -0.115. The maximum Gasteiger partial charge on any atom is 0.238 e. The highest BCUT2D eigenvalue weighted by Crippen LogP contribution is 2.46. The number of thioether (sulfide) groups is 1. The van der Waals surface area contributed by atoms with Gasteiger partial charge in [-0.3, -0.25) is 9.69 Å². The van der Waals surface area contributed by atoms with Crippen LogP contribution in [-0.2, 0) is 4.79 Å². The molecule has 1 saturated heterocycles. The SMILES string of the molecule is O=C1CSC(c2ccc3c(c2)OCO3)N1c1ccc(F)cc1Cl. The predicted molar refractivity (Wildman–Crippen MR) is 86.7 cm³/mol. The van der Waals surface area contributed by atoms with E-state index in [9.17, 15) is 9.18 Å². The van der Waals surface area contributed by atoms with Crippen molar-refractivity contribution in [2.24, 2.45) is 0 Å². The van der Waals surface area contributed by atoms with Gasteiger partial charge in [0, 0.05) is 0 Å². The summed E-state index contributed by atoms with van der Waals surface area (Å²) < 4.78 is 24.0. The van der Waals surface area contributed by atoms with Gasteiger partial charge in [-0.15, -0.1) is 11.8 Å². The summed E-state index contributed by atoms with van der Waals surface area (Å²) in [6.07, 6.45) is 0. The molecule has 0 N–H and O–H groups in total. The molecule has 1 unspecified atom stereocenters. The molecule has 2 aliphatic rings. The summed E-state index contributed by atoms with van der Waals surface area (Å²) in [7, 11) is 0. The molecule has 0 bridgehead atoms. The standard InChI is InChI=1S/C16H11ClFNO3S/c17-11-6-10(18)2-3-12(11)19-15(20)7-23-16(19)9-1-4-13-14(5-9)22-8-21-13/h1-6,16H,7-8H2. The van der Waals surface area contributed by atoms with Crippen molar-refractivity contribution in [3.63, 3.8) is 0 Å². The Morgan fingerprint density at radius 2 is 2.00 bits per heavy atom. The van der Waals surface area contributed by atoms with E-state index in [1.165, 1.54) is 30.0 Å². The fraction of sp³-hybridized carbons (Fsp3) is 0.188. The van der Waals surface area contributed by atoms with Gasteiger partial charge in [-0.2, -0.15) is 0 Å². The van der Waals surface area contributed by atoms with E-state index < -0.39 is 5.82 Å². The molecule has 0 spiro atoms. The predicted octanol–water partition coefficient (Wildman–Crippen LogP) is 3.99. The van der Waals surface area contributed by atoms with Crippen LogP contribution in [0.2, 0.25) is 5.02 Å². The summed E-state index contributed by atoms with van der Waals surface area (Å²) >= 11 is 7.63. The second kappa shape index (κ2) is 5.62. The Bertz CT molecular complexity index is 801. The van der Waals surface area contributed by atoms with Crippen molar-refractivity contribution in [1.82, 2.24) is 0 Å². The first-order valence-electron chi connectivity index (χ1n) is 6.92. The minimum absolute atomic E-state index is 0.0637. The van der Waals surface area contributed by atoms with Crippen LogP contribution in [0.3, 0.4) is 0 Å². The molecule has 7 heteroatoms. The van der Waals surface area contributed by atoms with Gasteiger partial charge < -0.3 is 9.47 Å². The molecule has 1 amide bonds. The molecule has 2 aromatic carbocycles. The quantitative estimate of drug-likeness (QED) is 0.820. The maximum absolute atomic E-state index is 13.3. The first-order valence-corrected chi connectivity index (χ1v) is 8.34. The topological polar surface area (TPSA) is 38.8 Å². The number of halogens is 2. The number of ether oxygens (including phenoxy) is 2. The van der Waals surface area contributed by atoms with Gasteiger partial charge in [-0.1, -0.05) is 17.7 Å². The van der Waals surface area contributed by atoms with E-state index in [4.69, 9.17) is 21.1 Å². The molecule has 118 valence electrons. The van der Waals surface area contributed by atoms with Crippen molar-refractivity contribution < 1.29 is 18.7 Å². The summed E-state index contributed by atoms with van der Waals surface area (Å²) in [5, 5.41) is -0.0217. The van der Waals surface area contributed by atoms with E-state index >= 15 is 0 Å². The minimum Gasteiger partial charge on any atom is -0.454 e. The Labute approximate surface area is 141 Å². The number of anilines is 1. The van der Waals surface area contributed by atoms with Gasteiger partial charge in [0.1, 0.15) is 11.2 Å². The Balaban J connectivity index is 1.74. The van der Waals surface area contributed by atoms with Gasteiger partial charge in [0.15, 0.2) is 11.5 Å². The van der Waals surface area contributed by atoms with Crippen LogP contribution >= 0.6 is 23.4 Å². The number of hydrogen-bond acceptors (Lipinski definition) is 4. The Kier molecular flexibility index (Phi) is 3.58. The number of carbonyl (C=O) groups excluding carboxylic acids is 1. The molecular formula is C16H11ClFNO3S. The smallest absolute Gasteiger partial charge is 0.238 e. The summed E-state index contributed by atoms with van der Waals surface area (Å²) in [6, 6.07) is 9.63. The molecule has 0 aromatic heterocycles. The first-order chi connectivity index (χ1) is 11.1. The van der Waals surface area contributed by atoms with E-state index in [1.807, 2.05) is 18.2 Å². The number of benzene rings is 2. The Morgan fingerprint density at radius 1 is 1.17 bits per heavy atom. The molecule has 1 fully saturated rings. The van der Waals surface area contributed by atoms with Gasteiger partial charge >= 0.3 is 0 Å². The monoisotopic (exact) mass is 351 g/mol. The van der Waals surface area contributed by atoms with E-state index in [0.29, 0.717) is 22.9 Å². The highest BCUT2D eigenvalue weighted by atomic mass is 35.5. The third-order valence-corrected chi connectivity index (χ3v) is 5.23. The molecule has 0 aliphatic carbocycles. The summed E-state index contributed by atoms with van der Waals surface area (Å²) in [4.78, 5) is 13.9. The highest BCUT2D eigenvalue weighted by molar-refractivity contribution is 8.00. The zero-order chi connectivity index (χ0) is 16.0. The van der Waals surface area contributed by atoms with Crippen LogP contribution in [0.4, 0.5) is 10.1 Å². The average Bonchev–Trinajstić information content (AvgIpc) is 3.13. The van der Waals surface area contributed by atoms with E-state index in [2.05, 4.69) is 0 Å². The van der Waals surface area contributed by atoms with E-state index in [0.717, 1.165) is 5.56 Å². The fourth-order valence-electron chi connectivity index (χ4n) is 2.67. The summed E-state index contributed by atoms with van der Waals surface area (Å²) in [6.45, 7) is 0.197. The van der Waals surface area contributed by atoms with E-state index in [1.54, 1.807) is 4.90 Å². The number of fused-ring (bicyclic) bond motifs is 1. The van der Waals surface area contributed by atoms with Crippen LogP contribution in [-0.4, -0.2) is 18.5 Å². The largest absolute Gasteiger partial charge is 0.454 e. The van der Waals surface area contributed by atoms with Crippen LogP contribution in [0.25, 0.3) is 0 Å². The molecular weight excluding hydrogens is 341 g/mol. The van der Waals surface area contributed by atoms with Crippen LogP contribution in [0.15, 0.2) is 36.4 Å². The molecule has 0 radical (unpaired) electrons. The third-order valence-electron chi connectivity index (χ3n) is 3.72. The van der Waals surface area contributed by atoms with Crippen molar-refractivity contribution in [3.8, 4) is 11.5 Å². The average molecular weight is 352 g/mol. The fourth-order valence-corrected chi connectivity index (χ4v) is 4.09. The minimum atomic E-state index is -0.433. The van der Waals surface area contributed by atoms with Crippen LogP contribution in [0.1, 0.15) is 10.9 Å². The second-order valence-corrected chi connectivity index (χ2v) is 6.61. The van der Waals surface area contributed by atoms with Crippen molar-refractivity contribution >= 4 is 35.0 Å². The Hall–Kier alpha value is -1.92. The molecule has 2 aromatic rings. The Morgan fingerprint density at radius 3 is 2.83 bits per heavy atom. The van der Waals surface area contributed by atoms with Crippen molar-refractivity contribution in [2.45, 2.75) is 5.37 Å². The summed E-state index contributed by atoms with van der Waals surface area (Å²) in [5.74, 6) is 1.19. The van der Waals surface area contributed by atoms with Gasteiger partial charge in [0.2, 0.25) is 12.7 Å². The van der Waals surface area contributed by atoms with Gasteiger partial charge in [-0.25, -0.2) is 4.39 Å². The van der Waals surface area contributed by atoms with Crippen molar-refractivity contribution in [2.75, 3.05) is 17.4 Å². The number of carbonyl (C=O) groups is 1. The number of amides is 1. The number of rotatable bonds is 2. The lowest BCUT2D eigenvalue weighted by Gasteiger charge is -2.25. The van der Waals surface area contributed by atoms with E-state index in [-0.39, 0.29) is 23.1 Å². The zero-order valence-electron chi connectivity index (χ0n) is 11.8. The summed E-state index contributed by atoms with van der Waals surface area (Å²) in [5.41, 5.74) is 1.41. The number of hydrogen-bond donors (Lipinski definition) is 0. The number of nitrogens with zero attached hydrogens (tertiary/aromatic N) is 1. The van der Waals surface area contributed by atoms with Crippen LogP contribution < -0.4 is 14.4 Å². The molecule has 1 atom stereocenters. The first kappa shape index (κ1) is 14.7. The molecule has 23 heavy (non-hydrogen) atoms. The second-order valence-electron chi connectivity index (χ2n) is 5.14. The lowest BCUT2D eigenvalue weighted by atomic mass is 10.1. The highest BCUT2D eigenvalue weighted by Gasteiger charge is 2.36. The van der Waals surface area contributed by atoms with Crippen molar-refractivity contribution in [1.29, 1.82) is 0 Å². The molecule has 4 nitrogen and oxygen atoms in total. The molecule has 4 rings (SSSR count). The maximum atomic E-state index is 13.3. The van der Waals surface area contributed by atoms with Gasteiger partial charge in [-0.05, 0) is 35.9 Å². The third kappa shape index (κ3) is 2.52. The molecule has 2 aliphatic heterocycles. The van der Waals surface area contributed by atoms with Gasteiger partial charge in [0.25, 0.3) is 0 Å². The van der Waals surface area contributed by atoms with Crippen LogP contribution in [0.5, 0.6) is 11.5 Å². The molecule has 2 heterocycles. The van der Waals surface area contributed by atoms with Gasteiger partial charge in [0.05, 0.1) is 16.5 Å². The lowest BCUT2D eigenvalue weighted by Crippen LogP contribution is -2.28. The normalized spacial score (nSPS) is 19.5. The molecule has 0 saturated carbocycles. The zero-order valence-corrected chi connectivity index (χ0v) is 13.4. The van der Waals surface area contributed by atoms with Crippen LogP contribution in [0, 0.1) is 5.82 Å². The van der Waals surface area contributed by atoms with Crippen molar-refractivity contribution in [3.05, 3.63) is 52.8 Å².